The van der Waals surface area contributed by atoms with Crippen LogP contribution in [0, 0.1) is 22.7 Å². The predicted octanol–water partition coefficient (Wildman–Crippen LogP) is 5.18. The van der Waals surface area contributed by atoms with Gasteiger partial charge in [-0.25, -0.2) is 0 Å². The molecule has 5 nitrogen and oxygen atoms in total. The van der Waals surface area contributed by atoms with Crippen molar-refractivity contribution in [2.45, 2.75) is 83.7 Å². The molecule has 0 bridgehead atoms. The minimum Gasteiger partial charge on any atom is -0.347 e. The number of ether oxygens (including phenoxy) is 2. The fourth-order valence-electron chi connectivity index (χ4n) is 7.12. The van der Waals surface area contributed by atoms with E-state index in [9.17, 15) is 8.42 Å². The molecule has 4 atom stereocenters. The molecule has 0 unspecified atom stereocenters. The number of hydrogen-bond donors (Lipinski definition) is 0. The van der Waals surface area contributed by atoms with Gasteiger partial charge in [-0.15, -0.1) is 0 Å². The molecule has 6 heteroatoms. The number of rotatable bonds is 4. The Morgan fingerprint density at radius 2 is 1.84 bits per heavy atom. The Morgan fingerprint density at radius 1 is 1.09 bits per heavy atom. The second kappa shape index (κ2) is 7.79. The average Bonchev–Trinajstić information content (AvgIpc) is 3.32. The summed E-state index contributed by atoms with van der Waals surface area (Å²) in [6, 6.07) is 6.33. The lowest BCUT2D eigenvalue weighted by Crippen LogP contribution is -2.51. The van der Waals surface area contributed by atoms with Crippen LogP contribution in [-0.2, 0) is 35.9 Å². The molecule has 3 aliphatic carbocycles. The third kappa shape index (κ3) is 3.85. The first kappa shape index (κ1) is 22.8. The zero-order chi connectivity index (χ0) is 22.8. The van der Waals surface area contributed by atoms with Crippen LogP contribution in [0.4, 0.5) is 0 Å². The van der Waals surface area contributed by atoms with Gasteiger partial charge < -0.3 is 9.47 Å². The molecule has 178 valence electrons. The van der Waals surface area contributed by atoms with Gasteiger partial charge in [0.15, 0.2) is 5.79 Å². The van der Waals surface area contributed by atoms with Crippen molar-refractivity contribution < 1.29 is 22.1 Å². The fourth-order valence-corrected chi connectivity index (χ4v) is 8.33. The number of hydrogen-bond acceptors (Lipinski definition) is 5. The first-order valence-electron chi connectivity index (χ1n) is 12.3. The molecule has 32 heavy (non-hydrogen) atoms. The van der Waals surface area contributed by atoms with Crippen molar-refractivity contribution in [2.75, 3.05) is 19.8 Å². The molecular weight excluding hydrogens is 424 g/mol. The van der Waals surface area contributed by atoms with Gasteiger partial charge in [-0.1, -0.05) is 45.9 Å². The lowest BCUT2D eigenvalue weighted by molar-refractivity contribution is -0.237. The SMILES string of the molecule is CC(C)(C)COS(=O)(=O)Cc1ccc2c(c1)CC[C@@H]1[C@@H]2CC[C@@]2(C)[C@H]1CCC21OCCO1. The summed E-state index contributed by atoms with van der Waals surface area (Å²) in [7, 11) is -3.58. The van der Waals surface area contributed by atoms with Crippen molar-refractivity contribution in [3.8, 4) is 0 Å². The van der Waals surface area contributed by atoms with E-state index in [0.717, 1.165) is 44.5 Å². The van der Waals surface area contributed by atoms with Crippen molar-refractivity contribution in [3.05, 3.63) is 34.9 Å². The van der Waals surface area contributed by atoms with Crippen molar-refractivity contribution in [2.24, 2.45) is 22.7 Å². The molecule has 1 aromatic rings. The van der Waals surface area contributed by atoms with E-state index in [1.54, 1.807) is 0 Å². The van der Waals surface area contributed by atoms with E-state index >= 15 is 0 Å². The van der Waals surface area contributed by atoms with Crippen molar-refractivity contribution in [1.29, 1.82) is 0 Å². The molecular formula is C26H38O5S. The van der Waals surface area contributed by atoms with Crippen molar-refractivity contribution in [1.82, 2.24) is 0 Å². The van der Waals surface area contributed by atoms with E-state index in [-0.39, 0.29) is 29.0 Å². The molecule has 0 aromatic heterocycles. The summed E-state index contributed by atoms with van der Waals surface area (Å²) in [6.45, 7) is 10.00. The first-order chi connectivity index (χ1) is 15.0. The molecule has 3 fully saturated rings. The van der Waals surface area contributed by atoms with Crippen molar-refractivity contribution in [3.63, 3.8) is 0 Å². The van der Waals surface area contributed by atoms with Crippen LogP contribution >= 0.6 is 0 Å². The van der Waals surface area contributed by atoms with Crippen LogP contribution in [0.15, 0.2) is 18.2 Å². The maximum atomic E-state index is 12.5. The van der Waals surface area contributed by atoms with E-state index in [1.165, 1.54) is 24.0 Å². The van der Waals surface area contributed by atoms with Gasteiger partial charge >= 0.3 is 0 Å². The average molecular weight is 463 g/mol. The molecule has 1 saturated heterocycles. The Kier molecular flexibility index (Phi) is 5.56. The molecule has 1 aromatic carbocycles. The number of fused-ring (bicyclic) bond motifs is 6. The highest BCUT2D eigenvalue weighted by atomic mass is 32.2. The minimum absolute atomic E-state index is 0.0532. The zero-order valence-corrected chi connectivity index (χ0v) is 20.8. The van der Waals surface area contributed by atoms with Crippen LogP contribution < -0.4 is 0 Å². The second-order valence-electron chi connectivity index (χ2n) is 11.9. The Bertz CT molecular complexity index is 972. The molecule has 1 spiro atoms. The third-order valence-corrected chi connectivity index (χ3v) is 9.77. The van der Waals surface area contributed by atoms with Gasteiger partial charge in [0.05, 0.1) is 19.8 Å². The number of aryl methyl sites for hydroxylation is 1. The Balaban J connectivity index is 1.33. The second-order valence-corrected chi connectivity index (χ2v) is 13.6. The van der Waals surface area contributed by atoms with Crippen LogP contribution in [-0.4, -0.2) is 34.0 Å². The quantitative estimate of drug-likeness (QED) is 0.577. The highest BCUT2D eigenvalue weighted by Crippen LogP contribution is 2.66. The summed E-state index contributed by atoms with van der Waals surface area (Å²) in [6.07, 6.45) is 6.70. The summed E-state index contributed by atoms with van der Waals surface area (Å²) in [4.78, 5) is 0. The standard InChI is InChI=1S/C26H38O5S/c1-24(2,3)17-31-32(27,28)16-18-5-7-20-19(15-18)6-8-22-21(20)9-11-25(4)23(22)10-12-26(25)29-13-14-30-26/h5,7,15,21-23H,6,8-14,16-17H2,1-4H3/t21-,22-,23+,25+/m1/s1. The van der Waals surface area contributed by atoms with E-state index in [2.05, 4.69) is 19.1 Å². The van der Waals surface area contributed by atoms with Gasteiger partial charge in [0.25, 0.3) is 10.1 Å². The maximum absolute atomic E-state index is 12.5. The summed E-state index contributed by atoms with van der Waals surface area (Å²) in [5.74, 6) is 1.46. The van der Waals surface area contributed by atoms with Crippen LogP contribution in [0.25, 0.3) is 0 Å². The molecule has 0 N–H and O–H groups in total. The predicted molar refractivity (Wildman–Crippen MR) is 124 cm³/mol. The zero-order valence-electron chi connectivity index (χ0n) is 20.0. The van der Waals surface area contributed by atoms with Gasteiger partial charge in [0, 0.05) is 11.8 Å². The highest BCUT2D eigenvalue weighted by molar-refractivity contribution is 7.85. The van der Waals surface area contributed by atoms with Gasteiger partial charge in [-0.3, -0.25) is 4.18 Å². The van der Waals surface area contributed by atoms with E-state index < -0.39 is 10.1 Å². The maximum Gasteiger partial charge on any atom is 0.271 e. The molecule has 5 rings (SSSR count). The molecule has 1 aliphatic heterocycles. The highest BCUT2D eigenvalue weighted by Gasteiger charge is 2.64. The van der Waals surface area contributed by atoms with Crippen LogP contribution in [0.1, 0.15) is 82.4 Å². The summed E-state index contributed by atoms with van der Waals surface area (Å²) < 4.78 is 42.7. The van der Waals surface area contributed by atoms with E-state index in [0.29, 0.717) is 17.8 Å². The Labute approximate surface area is 193 Å². The molecule has 4 aliphatic rings. The van der Waals surface area contributed by atoms with Crippen molar-refractivity contribution >= 4 is 10.1 Å². The minimum atomic E-state index is -3.58. The fraction of sp³-hybridized carbons (Fsp3) is 0.769. The Morgan fingerprint density at radius 3 is 2.56 bits per heavy atom. The third-order valence-electron chi connectivity index (χ3n) is 8.60. The smallest absolute Gasteiger partial charge is 0.271 e. The van der Waals surface area contributed by atoms with Crippen LogP contribution in [0.5, 0.6) is 0 Å². The lowest BCUT2D eigenvalue weighted by Gasteiger charge is -2.52. The summed E-state index contributed by atoms with van der Waals surface area (Å²) in [5, 5.41) is 0. The summed E-state index contributed by atoms with van der Waals surface area (Å²) >= 11 is 0. The normalized spacial score (nSPS) is 33.7. The summed E-state index contributed by atoms with van der Waals surface area (Å²) in [5.41, 5.74) is 3.54. The van der Waals surface area contributed by atoms with Crippen LogP contribution in [0.2, 0.25) is 0 Å². The van der Waals surface area contributed by atoms with Gasteiger partial charge in [0.1, 0.15) is 5.75 Å². The lowest BCUT2D eigenvalue weighted by atomic mass is 9.55. The monoisotopic (exact) mass is 462 g/mol. The molecule has 0 amide bonds. The van der Waals surface area contributed by atoms with Gasteiger partial charge in [-0.05, 0) is 72.0 Å². The van der Waals surface area contributed by atoms with E-state index in [4.69, 9.17) is 13.7 Å². The van der Waals surface area contributed by atoms with E-state index in [1.807, 2.05) is 26.8 Å². The van der Waals surface area contributed by atoms with Gasteiger partial charge in [0.2, 0.25) is 0 Å². The Hall–Kier alpha value is -0.950. The van der Waals surface area contributed by atoms with Gasteiger partial charge in [-0.2, -0.15) is 8.42 Å². The first-order valence-corrected chi connectivity index (χ1v) is 13.9. The number of benzene rings is 1. The molecule has 2 saturated carbocycles. The largest absolute Gasteiger partial charge is 0.347 e. The topological polar surface area (TPSA) is 61.8 Å². The molecule has 0 radical (unpaired) electrons. The molecule has 1 heterocycles. The van der Waals surface area contributed by atoms with Crippen LogP contribution in [0.3, 0.4) is 0 Å².